The largest absolute Gasteiger partial charge is 0.0698 e. The average Bonchev–Trinajstić information content (AvgIpc) is 2.00. The maximum Gasteiger partial charge on any atom is 0.0220 e. The summed E-state index contributed by atoms with van der Waals surface area (Å²) in [5.74, 6) is 0. The fraction of sp³-hybridized carbons (Fsp3) is 0.500. The van der Waals surface area contributed by atoms with Gasteiger partial charge in [0, 0.05) is 7.16 Å². The maximum atomic E-state index is 2.37. The molecule has 58 valence electrons. The molecule has 0 aliphatic heterocycles. The Bertz CT molecular complexity index is 127. The predicted molar refractivity (Wildman–Crippen MR) is 64.8 cm³/mol. The summed E-state index contributed by atoms with van der Waals surface area (Å²) in [6.07, 6.45) is 7.01. The van der Waals surface area contributed by atoms with Crippen LogP contribution in [-0.4, -0.2) is 0 Å². The van der Waals surface area contributed by atoms with Crippen molar-refractivity contribution in [1.29, 1.82) is 0 Å². The van der Waals surface area contributed by atoms with Crippen molar-refractivity contribution in [2.45, 2.75) is 26.7 Å². The Morgan fingerprint density at radius 2 is 1.30 bits per heavy atom. The van der Waals surface area contributed by atoms with Gasteiger partial charge in [0.2, 0.25) is 0 Å². The first-order valence-electron chi connectivity index (χ1n) is 3.52. The third-order valence-corrected chi connectivity index (χ3v) is 4.12. The summed E-state index contributed by atoms with van der Waals surface area (Å²) < 4.78 is 2.82. The fourth-order valence-electron chi connectivity index (χ4n) is 0.615. The van der Waals surface area contributed by atoms with Crippen LogP contribution in [0.5, 0.6) is 0 Å². The van der Waals surface area contributed by atoms with Crippen LogP contribution in [0.25, 0.3) is 0 Å². The molecule has 0 atom stereocenters. The highest BCUT2D eigenvalue weighted by molar-refractivity contribution is 14.1. The molecule has 1 aliphatic rings. The van der Waals surface area contributed by atoms with E-state index in [2.05, 4.69) is 57.3 Å². The minimum Gasteiger partial charge on any atom is -0.0698 e. The number of hydrogen-bond donors (Lipinski definition) is 0. The van der Waals surface area contributed by atoms with Crippen LogP contribution in [-0.2, 0) is 0 Å². The summed E-state index contributed by atoms with van der Waals surface area (Å²) >= 11 is 4.74. The molecule has 0 amide bonds. The molecule has 0 saturated carbocycles. The monoisotopic (exact) mass is 362 g/mol. The Kier molecular flexibility index (Phi) is 7.26. The smallest absolute Gasteiger partial charge is 0.0220 e. The molecule has 0 fully saturated rings. The summed E-state index contributed by atoms with van der Waals surface area (Å²) in [5, 5.41) is 0. The van der Waals surface area contributed by atoms with Gasteiger partial charge in [0.15, 0.2) is 0 Å². The lowest BCUT2D eigenvalue weighted by Gasteiger charge is -2.02. The van der Waals surface area contributed by atoms with Gasteiger partial charge in [-0.1, -0.05) is 26.0 Å². The van der Waals surface area contributed by atoms with E-state index in [1.807, 2.05) is 13.8 Å². The van der Waals surface area contributed by atoms with Gasteiger partial charge in [0.1, 0.15) is 0 Å². The van der Waals surface area contributed by atoms with Crippen LogP contribution in [0.4, 0.5) is 0 Å². The minimum absolute atomic E-state index is 1.23. The van der Waals surface area contributed by atoms with Crippen LogP contribution in [0.1, 0.15) is 26.7 Å². The van der Waals surface area contributed by atoms with E-state index in [0.29, 0.717) is 0 Å². The zero-order valence-electron chi connectivity index (χ0n) is 6.32. The Hall–Kier alpha value is 0.940. The molecular weight excluding hydrogens is 350 g/mol. The summed E-state index contributed by atoms with van der Waals surface area (Å²) in [6, 6.07) is 0. The molecule has 0 bridgehead atoms. The zero-order valence-corrected chi connectivity index (χ0v) is 10.6. The molecule has 1 aliphatic carbocycles. The van der Waals surface area contributed by atoms with Gasteiger partial charge < -0.3 is 0 Å². The second kappa shape index (κ2) is 6.64. The normalized spacial score (nSPS) is 16.4. The molecule has 0 aromatic heterocycles. The van der Waals surface area contributed by atoms with Crippen LogP contribution >= 0.6 is 45.2 Å². The molecule has 0 saturated heterocycles. The molecule has 0 N–H and O–H groups in total. The molecular formula is C8H12I2. The molecule has 0 aromatic rings. The molecule has 0 spiro atoms. The lowest BCUT2D eigenvalue weighted by Crippen LogP contribution is -1.79. The topological polar surface area (TPSA) is 0 Å². The first-order valence-corrected chi connectivity index (χ1v) is 5.68. The van der Waals surface area contributed by atoms with Crippen molar-refractivity contribution < 1.29 is 0 Å². The summed E-state index contributed by atoms with van der Waals surface area (Å²) in [4.78, 5) is 0. The molecule has 10 heavy (non-hydrogen) atoms. The van der Waals surface area contributed by atoms with E-state index in [0.717, 1.165) is 0 Å². The number of halogens is 2. The van der Waals surface area contributed by atoms with E-state index >= 15 is 0 Å². The van der Waals surface area contributed by atoms with Crippen molar-refractivity contribution in [3.8, 4) is 0 Å². The van der Waals surface area contributed by atoms with Crippen LogP contribution in [0.15, 0.2) is 19.3 Å². The van der Waals surface area contributed by atoms with E-state index in [4.69, 9.17) is 0 Å². The molecule has 0 unspecified atom stereocenters. The predicted octanol–water partition coefficient (Wildman–Crippen LogP) is 4.44. The molecule has 0 radical (unpaired) electrons. The highest BCUT2D eigenvalue weighted by Gasteiger charge is 1.99. The van der Waals surface area contributed by atoms with Crippen LogP contribution in [0.2, 0.25) is 0 Å². The van der Waals surface area contributed by atoms with E-state index in [1.165, 1.54) is 20.0 Å². The quantitative estimate of drug-likeness (QED) is 0.559. The van der Waals surface area contributed by atoms with Crippen molar-refractivity contribution in [2.24, 2.45) is 0 Å². The van der Waals surface area contributed by atoms with E-state index < -0.39 is 0 Å². The highest BCUT2D eigenvalue weighted by atomic mass is 127. The number of hydrogen-bond acceptors (Lipinski definition) is 0. The van der Waals surface area contributed by atoms with Gasteiger partial charge in [-0.05, 0) is 58.0 Å². The third kappa shape index (κ3) is 3.95. The Balaban J connectivity index is 0.000000371. The third-order valence-electron chi connectivity index (χ3n) is 1.04. The standard InChI is InChI=1S/C6H6I2.C2H6/c7-5-3-1-2-4-6(5)8;1-2/h3-4H,1-2H2;1-2H3. The van der Waals surface area contributed by atoms with Gasteiger partial charge in [-0.15, -0.1) is 0 Å². The minimum atomic E-state index is 1.23. The number of rotatable bonds is 0. The average molecular weight is 362 g/mol. The fourth-order valence-corrected chi connectivity index (χ4v) is 1.68. The Morgan fingerprint density at radius 1 is 1.00 bits per heavy atom. The summed E-state index contributed by atoms with van der Waals surface area (Å²) in [5.41, 5.74) is 0. The first-order chi connectivity index (χ1) is 4.80. The van der Waals surface area contributed by atoms with Crippen molar-refractivity contribution in [2.75, 3.05) is 0 Å². The van der Waals surface area contributed by atoms with Crippen LogP contribution < -0.4 is 0 Å². The summed E-state index contributed by atoms with van der Waals surface area (Å²) in [6.45, 7) is 4.00. The van der Waals surface area contributed by atoms with Crippen molar-refractivity contribution in [3.63, 3.8) is 0 Å². The lowest BCUT2D eigenvalue weighted by molar-refractivity contribution is 1.03. The van der Waals surface area contributed by atoms with Gasteiger partial charge in [0.25, 0.3) is 0 Å². The van der Waals surface area contributed by atoms with Crippen molar-refractivity contribution >= 4 is 45.2 Å². The Labute approximate surface area is 90.4 Å². The molecule has 2 heteroatoms. The maximum absolute atomic E-state index is 2.37. The molecule has 0 heterocycles. The van der Waals surface area contributed by atoms with Crippen molar-refractivity contribution in [3.05, 3.63) is 19.3 Å². The molecule has 0 nitrogen and oxygen atoms in total. The molecule has 1 rings (SSSR count). The van der Waals surface area contributed by atoms with Gasteiger partial charge in [-0.25, -0.2) is 0 Å². The highest BCUT2D eigenvalue weighted by Crippen LogP contribution is 2.28. The Morgan fingerprint density at radius 3 is 1.50 bits per heavy atom. The van der Waals surface area contributed by atoms with Crippen LogP contribution in [0.3, 0.4) is 0 Å². The SMILES string of the molecule is CC.IC1=CCCC=C1I. The van der Waals surface area contributed by atoms with Crippen molar-refractivity contribution in [1.82, 2.24) is 0 Å². The lowest BCUT2D eigenvalue weighted by atomic mass is 10.2. The van der Waals surface area contributed by atoms with Gasteiger partial charge in [-0.3, -0.25) is 0 Å². The van der Waals surface area contributed by atoms with Crippen LogP contribution in [0, 0.1) is 0 Å². The second-order valence-corrected chi connectivity index (χ2v) is 4.01. The van der Waals surface area contributed by atoms with Gasteiger partial charge in [-0.2, -0.15) is 0 Å². The van der Waals surface area contributed by atoms with E-state index in [9.17, 15) is 0 Å². The van der Waals surface area contributed by atoms with Gasteiger partial charge >= 0.3 is 0 Å². The zero-order chi connectivity index (χ0) is 7.98. The number of allylic oxidation sites excluding steroid dienone is 4. The summed E-state index contributed by atoms with van der Waals surface area (Å²) in [7, 11) is 0. The van der Waals surface area contributed by atoms with E-state index in [-0.39, 0.29) is 0 Å². The van der Waals surface area contributed by atoms with E-state index in [1.54, 1.807) is 0 Å². The second-order valence-electron chi connectivity index (χ2n) is 1.68. The first kappa shape index (κ1) is 10.9. The van der Waals surface area contributed by atoms with Gasteiger partial charge in [0.05, 0.1) is 0 Å². The molecule has 0 aromatic carbocycles.